The second-order valence-corrected chi connectivity index (χ2v) is 5.10. The van der Waals surface area contributed by atoms with Crippen molar-refractivity contribution in [2.45, 2.75) is 13.8 Å². The number of hydrogen-bond acceptors (Lipinski definition) is 2. The summed E-state index contributed by atoms with van der Waals surface area (Å²) in [7, 11) is 0. The molecule has 0 radical (unpaired) electrons. The van der Waals surface area contributed by atoms with Crippen LogP contribution in [0.15, 0.2) is 36.5 Å². The lowest BCUT2D eigenvalue weighted by atomic mass is 10.1. The van der Waals surface area contributed by atoms with Crippen LogP contribution in [0.3, 0.4) is 0 Å². The van der Waals surface area contributed by atoms with E-state index in [2.05, 4.69) is 4.98 Å². The number of fused-ring (bicyclic) bond motifs is 1. The standard InChI is InChI=1S/C15H14ClN3/c1-9-7-11(3-4-12(9)16)14-8-19-10(2)13(17)5-6-15(19)18-14/h3-8H,17H2,1-2H3. The average molecular weight is 272 g/mol. The Morgan fingerprint density at radius 3 is 2.68 bits per heavy atom. The number of halogens is 1. The molecule has 0 unspecified atom stereocenters. The van der Waals surface area contributed by atoms with Crippen molar-refractivity contribution in [1.29, 1.82) is 0 Å². The van der Waals surface area contributed by atoms with Crippen LogP contribution < -0.4 is 5.73 Å². The fourth-order valence-electron chi connectivity index (χ4n) is 2.15. The fraction of sp³-hybridized carbons (Fsp3) is 0.133. The Bertz CT molecular complexity index is 774. The Morgan fingerprint density at radius 1 is 1.16 bits per heavy atom. The van der Waals surface area contributed by atoms with Gasteiger partial charge in [-0.2, -0.15) is 0 Å². The number of nitrogen functional groups attached to an aromatic ring is 1. The van der Waals surface area contributed by atoms with E-state index in [9.17, 15) is 0 Å². The molecular weight excluding hydrogens is 258 g/mol. The fourth-order valence-corrected chi connectivity index (χ4v) is 2.27. The first-order chi connectivity index (χ1) is 9.06. The van der Waals surface area contributed by atoms with E-state index in [1.807, 2.05) is 54.8 Å². The van der Waals surface area contributed by atoms with Crippen molar-refractivity contribution in [2.75, 3.05) is 5.73 Å². The molecule has 2 aromatic heterocycles. The van der Waals surface area contributed by atoms with Gasteiger partial charge in [-0.3, -0.25) is 0 Å². The summed E-state index contributed by atoms with van der Waals surface area (Å²) in [4.78, 5) is 4.62. The van der Waals surface area contributed by atoms with Crippen molar-refractivity contribution in [2.24, 2.45) is 0 Å². The summed E-state index contributed by atoms with van der Waals surface area (Å²) in [5.74, 6) is 0. The number of pyridine rings is 1. The van der Waals surface area contributed by atoms with Crippen LogP contribution in [-0.2, 0) is 0 Å². The molecule has 3 nitrogen and oxygen atoms in total. The SMILES string of the molecule is Cc1cc(-c2cn3c(C)c(N)ccc3n2)ccc1Cl. The summed E-state index contributed by atoms with van der Waals surface area (Å²) in [6.45, 7) is 3.98. The second kappa shape index (κ2) is 4.28. The highest BCUT2D eigenvalue weighted by Crippen LogP contribution is 2.25. The zero-order chi connectivity index (χ0) is 13.6. The van der Waals surface area contributed by atoms with Crippen LogP contribution in [-0.4, -0.2) is 9.38 Å². The third-order valence-electron chi connectivity index (χ3n) is 3.38. The van der Waals surface area contributed by atoms with E-state index < -0.39 is 0 Å². The van der Waals surface area contributed by atoms with Crippen LogP contribution in [0.4, 0.5) is 5.69 Å². The molecule has 1 aromatic carbocycles. The predicted molar refractivity (Wildman–Crippen MR) is 79.5 cm³/mol. The Kier molecular flexibility index (Phi) is 2.72. The summed E-state index contributed by atoms with van der Waals surface area (Å²) >= 11 is 6.05. The van der Waals surface area contributed by atoms with Crippen LogP contribution in [0.25, 0.3) is 16.9 Å². The lowest BCUT2D eigenvalue weighted by molar-refractivity contribution is 1.10. The predicted octanol–water partition coefficient (Wildman–Crippen LogP) is 3.85. The minimum atomic E-state index is 0.767. The van der Waals surface area contributed by atoms with Gasteiger partial charge in [-0.15, -0.1) is 0 Å². The van der Waals surface area contributed by atoms with Crippen molar-refractivity contribution in [3.05, 3.63) is 52.8 Å². The maximum absolute atomic E-state index is 6.05. The van der Waals surface area contributed by atoms with E-state index in [0.29, 0.717) is 0 Å². The van der Waals surface area contributed by atoms with Gasteiger partial charge in [-0.1, -0.05) is 17.7 Å². The zero-order valence-corrected chi connectivity index (χ0v) is 11.6. The highest BCUT2D eigenvalue weighted by molar-refractivity contribution is 6.31. The lowest BCUT2D eigenvalue weighted by Gasteiger charge is -2.02. The number of nitrogens with zero attached hydrogens (tertiary/aromatic N) is 2. The highest BCUT2D eigenvalue weighted by atomic mass is 35.5. The van der Waals surface area contributed by atoms with Crippen LogP contribution in [0, 0.1) is 13.8 Å². The number of aromatic nitrogens is 2. The number of benzene rings is 1. The molecule has 4 heteroatoms. The van der Waals surface area contributed by atoms with E-state index in [0.717, 1.165) is 38.9 Å². The molecule has 0 fully saturated rings. The number of nitrogens with two attached hydrogens (primary N) is 1. The van der Waals surface area contributed by atoms with Gasteiger partial charge in [0, 0.05) is 22.5 Å². The van der Waals surface area contributed by atoms with Gasteiger partial charge < -0.3 is 10.1 Å². The van der Waals surface area contributed by atoms with Crippen LogP contribution in [0.1, 0.15) is 11.3 Å². The van der Waals surface area contributed by atoms with E-state index in [4.69, 9.17) is 17.3 Å². The molecule has 3 aromatic rings. The molecular formula is C15H14ClN3. The smallest absolute Gasteiger partial charge is 0.137 e. The van der Waals surface area contributed by atoms with E-state index >= 15 is 0 Å². The van der Waals surface area contributed by atoms with Gasteiger partial charge >= 0.3 is 0 Å². The van der Waals surface area contributed by atoms with Gasteiger partial charge in [0.2, 0.25) is 0 Å². The summed E-state index contributed by atoms with van der Waals surface area (Å²) in [5, 5.41) is 0.771. The van der Waals surface area contributed by atoms with Gasteiger partial charge in [-0.05, 0) is 43.7 Å². The molecule has 0 saturated heterocycles. The molecule has 0 aliphatic carbocycles. The van der Waals surface area contributed by atoms with E-state index in [-0.39, 0.29) is 0 Å². The molecule has 0 saturated carbocycles. The van der Waals surface area contributed by atoms with Crippen molar-refractivity contribution in [3.8, 4) is 11.3 Å². The molecule has 19 heavy (non-hydrogen) atoms. The van der Waals surface area contributed by atoms with Gasteiger partial charge in [0.05, 0.1) is 11.4 Å². The third kappa shape index (κ3) is 1.96. The Labute approximate surface area is 116 Å². The summed E-state index contributed by atoms with van der Waals surface area (Å²) < 4.78 is 2.01. The monoisotopic (exact) mass is 271 g/mol. The summed E-state index contributed by atoms with van der Waals surface area (Å²) in [5.41, 5.74) is 11.6. The van der Waals surface area contributed by atoms with Crippen LogP contribution in [0.5, 0.6) is 0 Å². The molecule has 0 spiro atoms. The van der Waals surface area contributed by atoms with Gasteiger partial charge in [-0.25, -0.2) is 4.98 Å². The molecule has 0 aliphatic rings. The quantitative estimate of drug-likeness (QED) is 0.730. The second-order valence-electron chi connectivity index (χ2n) is 4.69. The Balaban J connectivity index is 2.20. The minimum absolute atomic E-state index is 0.767. The molecule has 96 valence electrons. The van der Waals surface area contributed by atoms with Crippen molar-refractivity contribution >= 4 is 22.9 Å². The average Bonchev–Trinajstić information content (AvgIpc) is 2.82. The van der Waals surface area contributed by atoms with Gasteiger partial charge in [0.25, 0.3) is 0 Å². The first kappa shape index (κ1) is 12.1. The summed E-state index contributed by atoms with van der Waals surface area (Å²) in [6.07, 6.45) is 2.00. The number of anilines is 1. The third-order valence-corrected chi connectivity index (χ3v) is 3.80. The van der Waals surface area contributed by atoms with E-state index in [1.165, 1.54) is 0 Å². The molecule has 2 heterocycles. The Morgan fingerprint density at radius 2 is 1.95 bits per heavy atom. The molecule has 2 N–H and O–H groups in total. The highest BCUT2D eigenvalue weighted by Gasteiger charge is 2.08. The first-order valence-corrected chi connectivity index (χ1v) is 6.45. The summed E-state index contributed by atoms with van der Waals surface area (Å²) in [6, 6.07) is 9.74. The van der Waals surface area contributed by atoms with Gasteiger partial charge in [0.15, 0.2) is 0 Å². The number of hydrogen-bond donors (Lipinski definition) is 1. The van der Waals surface area contributed by atoms with Crippen molar-refractivity contribution < 1.29 is 0 Å². The van der Waals surface area contributed by atoms with E-state index in [1.54, 1.807) is 0 Å². The van der Waals surface area contributed by atoms with Gasteiger partial charge in [0.1, 0.15) is 5.65 Å². The largest absolute Gasteiger partial charge is 0.397 e. The van der Waals surface area contributed by atoms with Crippen molar-refractivity contribution in [3.63, 3.8) is 0 Å². The maximum Gasteiger partial charge on any atom is 0.137 e. The molecule has 0 atom stereocenters. The van der Waals surface area contributed by atoms with Crippen LogP contribution >= 0.6 is 11.6 Å². The lowest BCUT2D eigenvalue weighted by Crippen LogP contribution is -1.96. The topological polar surface area (TPSA) is 43.3 Å². The number of imidazole rings is 1. The number of rotatable bonds is 1. The normalized spacial score (nSPS) is 11.1. The molecule has 0 bridgehead atoms. The van der Waals surface area contributed by atoms with Crippen molar-refractivity contribution in [1.82, 2.24) is 9.38 Å². The minimum Gasteiger partial charge on any atom is -0.397 e. The first-order valence-electron chi connectivity index (χ1n) is 6.07. The molecule has 0 amide bonds. The number of aryl methyl sites for hydroxylation is 2. The molecule has 3 rings (SSSR count). The van der Waals surface area contributed by atoms with Crippen LogP contribution in [0.2, 0.25) is 5.02 Å². The Hall–Kier alpha value is -2.00. The zero-order valence-electron chi connectivity index (χ0n) is 10.8. The molecule has 0 aliphatic heterocycles. The maximum atomic E-state index is 6.05.